The summed E-state index contributed by atoms with van der Waals surface area (Å²) >= 11 is 0. The van der Waals surface area contributed by atoms with Crippen LogP contribution in [0.5, 0.6) is 5.75 Å². The summed E-state index contributed by atoms with van der Waals surface area (Å²) in [5.74, 6) is 0.610. The number of carbonyl (C=O) groups excluding carboxylic acids is 1. The Balaban J connectivity index is 2.11. The van der Waals surface area contributed by atoms with Gasteiger partial charge in [-0.1, -0.05) is 12.8 Å². The Morgan fingerprint density at radius 3 is 2.75 bits per heavy atom. The topological polar surface area (TPSA) is 63.5 Å². The molecule has 1 unspecified atom stereocenters. The summed E-state index contributed by atoms with van der Waals surface area (Å²) in [6.45, 7) is 3.93. The van der Waals surface area contributed by atoms with Crippen LogP contribution in [0.25, 0.3) is 10.9 Å². The standard InChI is InChI=1S/C19H26N2O3/c1-12(22)11-20-19(23)18-13(2)21(14-6-4-5-7-14)17-9-8-15(24-3)10-16(17)18/h8-10,12,14,22H,4-7,11H2,1-3H3,(H,20,23). The molecule has 0 saturated heterocycles. The van der Waals surface area contributed by atoms with Crippen molar-refractivity contribution in [3.63, 3.8) is 0 Å². The highest BCUT2D eigenvalue weighted by Crippen LogP contribution is 2.38. The number of carbonyl (C=O) groups is 1. The van der Waals surface area contributed by atoms with Crippen LogP contribution in [0.1, 0.15) is 54.7 Å². The fourth-order valence-corrected chi connectivity index (χ4v) is 3.80. The number of aliphatic hydroxyl groups excluding tert-OH is 1. The van der Waals surface area contributed by atoms with Crippen LogP contribution in [0.3, 0.4) is 0 Å². The maximum absolute atomic E-state index is 12.7. The number of aliphatic hydroxyl groups is 1. The third kappa shape index (κ3) is 3.00. The van der Waals surface area contributed by atoms with Crippen molar-refractivity contribution in [2.45, 2.75) is 51.7 Å². The SMILES string of the molecule is COc1ccc2c(c1)c(C(=O)NCC(C)O)c(C)n2C1CCCC1. The average Bonchev–Trinajstić information content (AvgIpc) is 3.17. The molecule has 2 aromatic rings. The first kappa shape index (κ1) is 16.8. The molecule has 130 valence electrons. The summed E-state index contributed by atoms with van der Waals surface area (Å²) in [5.41, 5.74) is 2.77. The molecule has 1 amide bonds. The lowest BCUT2D eigenvalue weighted by atomic mass is 10.1. The van der Waals surface area contributed by atoms with Gasteiger partial charge in [-0.3, -0.25) is 4.79 Å². The number of hydrogen-bond acceptors (Lipinski definition) is 3. The highest BCUT2D eigenvalue weighted by atomic mass is 16.5. The van der Waals surface area contributed by atoms with E-state index in [2.05, 4.69) is 9.88 Å². The van der Waals surface area contributed by atoms with Gasteiger partial charge in [-0.2, -0.15) is 0 Å². The van der Waals surface area contributed by atoms with Gasteiger partial charge < -0.3 is 19.7 Å². The van der Waals surface area contributed by atoms with Crippen molar-refractivity contribution >= 4 is 16.8 Å². The molecule has 1 heterocycles. The minimum Gasteiger partial charge on any atom is -0.497 e. The normalized spacial score (nSPS) is 16.5. The molecule has 1 fully saturated rings. The van der Waals surface area contributed by atoms with E-state index in [1.54, 1.807) is 14.0 Å². The summed E-state index contributed by atoms with van der Waals surface area (Å²) < 4.78 is 7.67. The zero-order chi connectivity index (χ0) is 17.3. The Bertz CT molecular complexity index is 743. The van der Waals surface area contributed by atoms with Gasteiger partial charge in [-0.05, 0) is 44.9 Å². The molecule has 1 aromatic heterocycles. The van der Waals surface area contributed by atoms with E-state index in [1.165, 1.54) is 12.8 Å². The number of rotatable bonds is 5. The fraction of sp³-hybridized carbons (Fsp3) is 0.526. The highest BCUT2D eigenvalue weighted by Gasteiger charge is 2.26. The molecule has 1 aromatic carbocycles. The minimum absolute atomic E-state index is 0.136. The lowest BCUT2D eigenvalue weighted by molar-refractivity contribution is 0.0924. The van der Waals surface area contributed by atoms with Crippen LogP contribution in [0, 0.1) is 6.92 Å². The van der Waals surface area contributed by atoms with Crippen LogP contribution in [-0.2, 0) is 0 Å². The van der Waals surface area contributed by atoms with Crippen molar-refractivity contribution < 1.29 is 14.6 Å². The second kappa shape index (κ2) is 6.85. The van der Waals surface area contributed by atoms with E-state index >= 15 is 0 Å². The zero-order valence-electron chi connectivity index (χ0n) is 14.6. The van der Waals surface area contributed by atoms with Crippen molar-refractivity contribution in [1.29, 1.82) is 0 Å². The van der Waals surface area contributed by atoms with E-state index in [9.17, 15) is 9.90 Å². The zero-order valence-corrected chi connectivity index (χ0v) is 14.6. The van der Waals surface area contributed by atoms with E-state index in [4.69, 9.17) is 4.74 Å². The van der Waals surface area contributed by atoms with Crippen molar-refractivity contribution in [3.05, 3.63) is 29.5 Å². The molecule has 24 heavy (non-hydrogen) atoms. The first-order valence-corrected chi connectivity index (χ1v) is 8.67. The number of benzene rings is 1. The third-order valence-corrected chi connectivity index (χ3v) is 4.93. The Kier molecular flexibility index (Phi) is 4.81. The molecule has 5 nitrogen and oxygen atoms in total. The Morgan fingerprint density at radius 1 is 1.42 bits per heavy atom. The summed E-state index contributed by atoms with van der Waals surface area (Å²) in [6, 6.07) is 6.39. The number of nitrogens with zero attached hydrogens (tertiary/aromatic N) is 1. The van der Waals surface area contributed by atoms with E-state index < -0.39 is 6.10 Å². The summed E-state index contributed by atoms with van der Waals surface area (Å²) in [6.07, 6.45) is 4.23. The number of ether oxygens (including phenoxy) is 1. The molecule has 2 N–H and O–H groups in total. The molecule has 0 bridgehead atoms. The Morgan fingerprint density at radius 2 is 2.12 bits per heavy atom. The molecule has 3 rings (SSSR count). The van der Waals surface area contributed by atoms with Gasteiger partial charge in [0.05, 0.1) is 18.8 Å². The summed E-state index contributed by atoms with van der Waals surface area (Å²) in [4.78, 5) is 12.7. The Labute approximate surface area is 142 Å². The van der Waals surface area contributed by atoms with Crippen LogP contribution in [0.4, 0.5) is 0 Å². The van der Waals surface area contributed by atoms with E-state index in [0.29, 0.717) is 11.6 Å². The second-order valence-corrected chi connectivity index (χ2v) is 6.71. The van der Waals surface area contributed by atoms with Crippen molar-refractivity contribution in [3.8, 4) is 5.75 Å². The average molecular weight is 330 g/mol. The van der Waals surface area contributed by atoms with Crippen LogP contribution in [-0.4, -0.2) is 35.3 Å². The lowest BCUT2D eigenvalue weighted by Gasteiger charge is -2.16. The van der Waals surface area contributed by atoms with Gasteiger partial charge in [0, 0.05) is 29.2 Å². The maximum Gasteiger partial charge on any atom is 0.253 e. The molecule has 5 heteroatoms. The fourth-order valence-electron chi connectivity index (χ4n) is 3.80. The van der Waals surface area contributed by atoms with Gasteiger partial charge in [-0.25, -0.2) is 0 Å². The van der Waals surface area contributed by atoms with Gasteiger partial charge in [-0.15, -0.1) is 0 Å². The van der Waals surface area contributed by atoms with E-state index in [0.717, 1.165) is 35.2 Å². The molecule has 1 atom stereocenters. The van der Waals surface area contributed by atoms with Crippen LogP contribution >= 0.6 is 0 Å². The third-order valence-electron chi connectivity index (χ3n) is 4.93. The number of methoxy groups -OCH3 is 1. The number of aromatic nitrogens is 1. The molecule has 0 aliphatic heterocycles. The van der Waals surface area contributed by atoms with Gasteiger partial charge in [0.25, 0.3) is 5.91 Å². The molecule has 1 aliphatic rings. The summed E-state index contributed by atoms with van der Waals surface area (Å²) in [5, 5.41) is 13.2. The smallest absolute Gasteiger partial charge is 0.253 e. The van der Waals surface area contributed by atoms with Crippen molar-refractivity contribution in [2.75, 3.05) is 13.7 Å². The largest absolute Gasteiger partial charge is 0.497 e. The number of fused-ring (bicyclic) bond motifs is 1. The van der Waals surface area contributed by atoms with Gasteiger partial charge in [0.1, 0.15) is 5.75 Å². The van der Waals surface area contributed by atoms with Crippen molar-refractivity contribution in [2.24, 2.45) is 0 Å². The molecule has 1 saturated carbocycles. The quantitative estimate of drug-likeness (QED) is 0.885. The highest BCUT2D eigenvalue weighted by molar-refractivity contribution is 6.08. The maximum atomic E-state index is 12.7. The van der Waals surface area contributed by atoms with Crippen molar-refractivity contribution in [1.82, 2.24) is 9.88 Å². The molecule has 0 spiro atoms. The van der Waals surface area contributed by atoms with Gasteiger partial charge in [0.2, 0.25) is 0 Å². The number of nitrogens with one attached hydrogen (secondary N) is 1. The Hall–Kier alpha value is -2.01. The molecule has 1 aliphatic carbocycles. The van der Waals surface area contributed by atoms with Gasteiger partial charge >= 0.3 is 0 Å². The number of amides is 1. The monoisotopic (exact) mass is 330 g/mol. The predicted octanol–water partition coefficient (Wildman–Crippen LogP) is 3.18. The predicted molar refractivity (Wildman–Crippen MR) is 94.7 cm³/mol. The van der Waals surface area contributed by atoms with Gasteiger partial charge in [0.15, 0.2) is 0 Å². The molecular formula is C19H26N2O3. The van der Waals surface area contributed by atoms with Crippen LogP contribution < -0.4 is 10.1 Å². The number of hydrogen-bond donors (Lipinski definition) is 2. The van der Waals surface area contributed by atoms with Crippen LogP contribution in [0.2, 0.25) is 0 Å². The molecular weight excluding hydrogens is 304 g/mol. The van der Waals surface area contributed by atoms with E-state index in [1.807, 2.05) is 25.1 Å². The molecule has 0 radical (unpaired) electrons. The minimum atomic E-state index is -0.563. The van der Waals surface area contributed by atoms with Crippen LogP contribution in [0.15, 0.2) is 18.2 Å². The second-order valence-electron chi connectivity index (χ2n) is 6.71. The summed E-state index contributed by atoms with van der Waals surface area (Å²) in [7, 11) is 1.63. The first-order chi connectivity index (χ1) is 11.5. The lowest BCUT2D eigenvalue weighted by Crippen LogP contribution is -2.31. The first-order valence-electron chi connectivity index (χ1n) is 8.67. The van der Waals surface area contributed by atoms with E-state index in [-0.39, 0.29) is 12.5 Å².